The molecule has 6 nitrogen and oxygen atoms in total. The van der Waals surface area contributed by atoms with Gasteiger partial charge in [-0.15, -0.1) is 0 Å². The van der Waals surface area contributed by atoms with Crippen LogP contribution in [0.15, 0.2) is 47.5 Å². The van der Waals surface area contributed by atoms with Crippen molar-refractivity contribution in [1.29, 1.82) is 0 Å². The maximum Gasteiger partial charge on any atom is 0.209 e. The lowest BCUT2D eigenvalue weighted by molar-refractivity contribution is -0.121. The molecule has 0 radical (unpaired) electrons. The zero-order chi connectivity index (χ0) is 23.1. The Balaban J connectivity index is 0.000000400. The van der Waals surface area contributed by atoms with Crippen LogP contribution in [0.4, 0.5) is 17.1 Å². The van der Waals surface area contributed by atoms with Gasteiger partial charge in [0.2, 0.25) is 6.41 Å². The first kappa shape index (κ1) is 26.2. The summed E-state index contributed by atoms with van der Waals surface area (Å²) in [5.74, 6) is 0. The molecule has 1 fully saturated rings. The molecule has 0 unspecified atom stereocenters. The van der Waals surface area contributed by atoms with Crippen molar-refractivity contribution in [3.8, 4) is 0 Å². The third kappa shape index (κ3) is 8.80. The van der Waals surface area contributed by atoms with Crippen LogP contribution in [0, 0.1) is 6.92 Å². The lowest BCUT2D eigenvalue weighted by Crippen LogP contribution is -2.34. The molecule has 2 aromatic carbocycles. The topological polar surface area (TPSA) is 79.9 Å². The van der Waals surface area contributed by atoms with E-state index in [1.165, 1.54) is 5.56 Å². The number of nitrogens with zero attached hydrogens (tertiary/aromatic N) is 2. The number of aryl methyl sites for hydroxylation is 1. The molecule has 3 rings (SSSR count). The number of hydrogen-bond acceptors (Lipinski definition) is 5. The third-order valence-electron chi connectivity index (χ3n) is 4.65. The van der Waals surface area contributed by atoms with Crippen LogP contribution in [-0.4, -0.2) is 49.9 Å². The van der Waals surface area contributed by atoms with Crippen LogP contribution in [0.3, 0.4) is 0 Å². The molecule has 170 valence electrons. The van der Waals surface area contributed by atoms with Crippen molar-refractivity contribution in [3.05, 3.63) is 53.6 Å². The molecule has 0 aliphatic carbocycles. The van der Waals surface area contributed by atoms with Crippen molar-refractivity contribution >= 4 is 29.2 Å². The van der Waals surface area contributed by atoms with Gasteiger partial charge in [-0.05, 0) is 49.6 Å². The van der Waals surface area contributed by atoms with E-state index >= 15 is 0 Å². The van der Waals surface area contributed by atoms with Crippen molar-refractivity contribution in [2.45, 2.75) is 41.0 Å². The van der Waals surface area contributed by atoms with Crippen molar-refractivity contribution in [2.75, 3.05) is 43.9 Å². The number of nitrogen functional groups attached to an aromatic ring is 1. The van der Waals surface area contributed by atoms with Crippen LogP contribution in [0.2, 0.25) is 0 Å². The number of nitrogens with two attached hydrogens (primary N) is 1. The van der Waals surface area contributed by atoms with Crippen molar-refractivity contribution in [3.63, 3.8) is 0 Å². The average Bonchev–Trinajstić information content (AvgIpc) is 2.82. The van der Waals surface area contributed by atoms with Crippen LogP contribution >= 0.6 is 0 Å². The van der Waals surface area contributed by atoms with Gasteiger partial charge in [-0.3, -0.25) is 9.79 Å². The molecule has 1 saturated heterocycles. The van der Waals surface area contributed by atoms with E-state index in [2.05, 4.69) is 38.2 Å². The van der Waals surface area contributed by atoms with E-state index in [0.29, 0.717) is 13.2 Å². The van der Waals surface area contributed by atoms with Crippen LogP contribution in [0.1, 0.15) is 45.2 Å². The van der Waals surface area contributed by atoms with Gasteiger partial charge in [0.15, 0.2) is 0 Å². The van der Waals surface area contributed by atoms with E-state index in [4.69, 9.17) is 15.5 Å². The molecule has 0 saturated carbocycles. The summed E-state index contributed by atoms with van der Waals surface area (Å²) in [6, 6.07) is 14.3. The molecule has 0 bridgehead atoms. The van der Waals surface area contributed by atoms with Gasteiger partial charge >= 0.3 is 0 Å². The number of carbonyl (C=O) groups excluding carboxylic acids is 1. The van der Waals surface area contributed by atoms with Crippen molar-refractivity contribution in [1.82, 2.24) is 4.90 Å². The molecule has 6 heteroatoms. The summed E-state index contributed by atoms with van der Waals surface area (Å²) < 4.78 is 5.00. The number of benzene rings is 2. The second-order valence-corrected chi connectivity index (χ2v) is 6.78. The quantitative estimate of drug-likeness (QED) is 0.385. The summed E-state index contributed by atoms with van der Waals surface area (Å²) >= 11 is 0. The van der Waals surface area contributed by atoms with Gasteiger partial charge in [0.25, 0.3) is 0 Å². The van der Waals surface area contributed by atoms with Gasteiger partial charge < -0.3 is 20.7 Å². The summed E-state index contributed by atoms with van der Waals surface area (Å²) in [6.45, 7) is 14.0. The van der Waals surface area contributed by atoms with Crippen LogP contribution in [-0.2, 0) is 9.53 Å². The predicted molar refractivity (Wildman–Crippen MR) is 132 cm³/mol. The highest BCUT2D eigenvalue weighted by Gasteiger charge is 2.06. The minimum atomic E-state index is 0.693. The molecule has 1 aliphatic rings. The number of hydrogen-bond donors (Lipinski definition) is 2. The Hall–Kier alpha value is -2.86. The molecule has 2 aromatic rings. The van der Waals surface area contributed by atoms with Gasteiger partial charge in [-0.2, -0.15) is 0 Å². The highest BCUT2D eigenvalue weighted by molar-refractivity contribution is 6.03. The fraction of sp³-hybridized carbons (Fsp3) is 0.440. The Morgan fingerprint density at radius 1 is 1.16 bits per heavy atom. The number of para-hydroxylation sites is 1. The number of aliphatic imine (C=N–C) groups is 1. The van der Waals surface area contributed by atoms with Crippen LogP contribution < -0.4 is 11.1 Å². The first-order valence-corrected chi connectivity index (χ1v) is 11.1. The SMILES string of the molecule is CC.CCNc1ccc(C(CC)=Nc2ccccc2C)cc1N.O=CN1CCOCC1. The highest BCUT2D eigenvalue weighted by Crippen LogP contribution is 2.24. The van der Waals surface area contributed by atoms with E-state index in [1.54, 1.807) is 4.90 Å². The first-order valence-electron chi connectivity index (χ1n) is 11.1. The molecule has 0 atom stereocenters. The van der Waals surface area contributed by atoms with E-state index in [0.717, 1.165) is 60.8 Å². The summed E-state index contributed by atoms with van der Waals surface area (Å²) in [5, 5.41) is 3.25. The monoisotopic (exact) mass is 426 g/mol. The smallest absolute Gasteiger partial charge is 0.209 e. The van der Waals surface area contributed by atoms with Gasteiger partial charge in [0.1, 0.15) is 0 Å². The third-order valence-corrected chi connectivity index (χ3v) is 4.65. The summed E-state index contributed by atoms with van der Waals surface area (Å²) in [4.78, 5) is 16.5. The Morgan fingerprint density at radius 2 is 1.84 bits per heavy atom. The lowest BCUT2D eigenvalue weighted by Gasteiger charge is -2.21. The zero-order valence-electron chi connectivity index (χ0n) is 19.6. The Morgan fingerprint density at radius 3 is 2.35 bits per heavy atom. The van der Waals surface area contributed by atoms with Gasteiger partial charge in [0.05, 0.1) is 30.3 Å². The predicted octanol–water partition coefficient (Wildman–Crippen LogP) is 5.04. The minimum absolute atomic E-state index is 0.693. The Labute approximate surface area is 187 Å². The second kappa shape index (κ2) is 15.0. The standard InChI is InChI=1S/C18H23N3.C5H9NO2.C2H6/c1-4-16(21-17-9-7-6-8-13(17)3)14-10-11-18(20-5-2)15(19)12-14;7-5-6-1-3-8-4-2-6;1-2/h6-12,20H,4-5,19H2,1-3H3;5H,1-4H2;1-2H3. The molecule has 0 spiro atoms. The first-order chi connectivity index (χ1) is 15.1. The van der Waals surface area contributed by atoms with E-state index in [1.807, 2.05) is 44.2 Å². The maximum absolute atomic E-state index is 10.0. The number of amides is 1. The summed E-state index contributed by atoms with van der Waals surface area (Å²) in [5.41, 5.74) is 12.2. The molecule has 1 aliphatic heterocycles. The normalized spacial score (nSPS) is 13.3. The Kier molecular flexibility index (Phi) is 12.7. The molecule has 0 aromatic heterocycles. The number of anilines is 2. The highest BCUT2D eigenvalue weighted by atomic mass is 16.5. The second-order valence-electron chi connectivity index (χ2n) is 6.78. The zero-order valence-corrected chi connectivity index (χ0v) is 19.6. The molecule has 1 amide bonds. The summed E-state index contributed by atoms with van der Waals surface area (Å²) in [7, 11) is 0. The fourth-order valence-electron chi connectivity index (χ4n) is 2.96. The molecule has 3 N–H and O–H groups in total. The van der Waals surface area contributed by atoms with Gasteiger partial charge in [-0.1, -0.05) is 45.0 Å². The van der Waals surface area contributed by atoms with E-state index in [9.17, 15) is 4.79 Å². The average molecular weight is 427 g/mol. The largest absolute Gasteiger partial charge is 0.397 e. The number of carbonyl (C=O) groups is 1. The minimum Gasteiger partial charge on any atom is -0.397 e. The molecular weight excluding hydrogens is 388 g/mol. The molecular formula is C25H38N4O2. The summed E-state index contributed by atoms with van der Waals surface area (Å²) in [6.07, 6.45) is 1.73. The molecule has 1 heterocycles. The number of rotatable bonds is 6. The van der Waals surface area contributed by atoms with E-state index in [-0.39, 0.29) is 0 Å². The fourth-order valence-corrected chi connectivity index (χ4v) is 2.96. The maximum atomic E-state index is 10.0. The number of ether oxygens (including phenoxy) is 1. The number of nitrogens with one attached hydrogen (secondary N) is 1. The number of morpholine rings is 1. The van der Waals surface area contributed by atoms with Crippen LogP contribution in [0.5, 0.6) is 0 Å². The van der Waals surface area contributed by atoms with Crippen LogP contribution in [0.25, 0.3) is 0 Å². The lowest BCUT2D eigenvalue weighted by atomic mass is 10.1. The van der Waals surface area contributed by atoms with Gasteiger partial charge in [0, 0.05) is 25.3 Å². The van der Waals surface area contributed by atoms with Crippen molar-refractivity contribution < 1.29 is 9.53 Å². The van der Waals surface area contributed by atoms with Crippen molar-refractivity contribution in [2.24, 2.45) is 4.99 Å². The Bertz CT molecular complexity index is 815. The van der Waals surface area contributed by atoms with E-state index < -0.39 is 0 Å². The van der Waals surface area contributed by atoms with Gasteiger partial charge in [-0.25, -0.2) is 0 Å². The molecule has 31 heavy (non-hydrogen) atoms.